The van der Waals surface area contributed by atoms with Crippen molar-refractivity contribution in [2.75, 3.05) is 18.9 Å². The van der Waals surface area contributed by atoms with Crippen LogP contribution in [0, 0.1) is 6.92 Å². The topological polar surface area (TPSA) is 79.4 Å². The van der Waals surface area contributed by atoms with E-state index in [0.29, 0.717) is 5.82 Å². The second-order valence-electron chi connectivity index (χ2n) is 7.25. The van der Waals surface area contributed by atoms with Crippen molar-refractivity contribution < 1.29 is 13.2 Å². The molecule has 1 N–H and O–H groups in total. The van der Waals surface area contributed by atoms with Gasteiger partial charge < -0.3 is 5.32 Å². The average Bonchev–Trinajstić information content (AvgIpc) is 2.54. The fraction of sp³-hybridized carbons (Fsp3) is 0.368. The molecule has 2 rings (SSSR count). The number of pyridine rings is 1. The Labute approximate surface area is 155 Å². The molecule has 0 unspecified atom stereocenters. The minimum absolute atomic E-state index is 0.0606. The molecule has 0 saturated carbocycles. The Morgan fingerprint density at radius 2 is 1.73 bits per heavy atom. The number of anilines is 1. The highest BCUT2D eigenvalue weighted by molar-refractivity contribution is 7.89. The molecule has 0 saturated heterocycles. The number of nitrogens with zero attached hydrogens (tertiary/aromatic N) is 2. The number of hydrogen-bond donors (Lipinski definition) is 1. The fourth-order valence-electron chi connectivity index (χ4n) is 2.39. The lowest BCUT2D eigenvalue weighted by atomic mass is 9.87. The molecule has 1 aromatic heterocycles. The highest BCUT2D eigenvalue weighted by Gasteiger charge is 2.24. The maximum absolute atomic E-state index is 12.7. The summed E-state index contributed by atoms with van der Waals surface area (Å²) in [5.41, 5.74) is 1.75. The van der Waals surface area contributed by atoms with Gasteiger partial charge >= 0.3 is 0 Å². The first kappa shape index (κ1) is 20.1. The van der Waals surface area contributed by atoms with Gasteiger partial charge in [-0.25, -0.2) is 13.4 Å². The first-order valence-electron chi connectivity index (χ1n) is 8.30. The van der Waals surface area contributed by atoms with E-state index in [1.165, 1.54) is 7.05 Å². The van der Waals surface area contributed by atoms with Gasteiger partial charge in [-0.1, -0.05) is 39.0 Å². The zero-order valence-corrected chi connectivity index (χ0v) is 16.6. The molecule has 26 heavy (non-hydrogen) atoms. The number of hydrogen-bond acceptors (Lipinski definition) is 4. The van der Waals surface area contributed by atoms with E-state index in [4.69, 9.17) is 0 Å². The summed E-state index contributed by atoms with van der Waals surface area (Å²) in [6, 6.07) is 12.0. The Morgan fingerprint density at radius 1 is 1.12 bits per heavy atom. The van der Waals surface area contributed by atoms with Crippen LogP contribution < -0.4 is 5.32 Å². The SMILES string of the molecule is Cc1cccc(NC(=O)CN(C)S(=O)(=O)c2ccc(C(C)(C)C)cc2)n1. The molecule has 6 nitrogen and oxygen atoms in total. The molecule has 0 bridgehead atoms. The van der Waals surface area contributed by atoms with Crippen LogP contribution in [0.4, 0.5) is 5.82 Å². The molecule has 2 aromatic rings. The van der Waals surface area contributed by atoms with Crippen molar-refractivity contribution in [3.8, 4) is 0 Å². The lowest BCUT2D eigenvalue weighted by molar-refractivity contribution is -0.116. The van der Waals surface area contributed by atoms with Crippen LogP contribution in [0.3, 0.4) is 0 Å². The Kier molecular flexibility index (Phi) is 5.83. The van der Waals surface area contributed by atoms with Gasteiger partial charge in [-0.2, -0.15) is 4.31 Å². The summed E-state index contributed by atoms with van der Waals surface area (Å²) in [4.78, 5) is 16.5. The molecule has 0 atom stereocenters. The normalized spacial score (nSPS) is 12.2. The van der Waals surface area contributed by atoms with E-state index in [-0.39, 0.29) is 16.9 Å². The van der Waals surface area contributed by atoms with E-state index in [1.807, 2.05) is 13.0 Å². The standard InChI is InChI=1S/C19H25N3O3S/c1-14-7-6-8-17(20-14)21-18(23)13-22(5)26(24,25)16-11-9-15(10-12-16)19(2,3)4/h6-12H,13H2,1-5H3,(H,20,21,23). The fourth-order valence-corrected chi connectivity index (χ4v) is 3.52. The number of benzene rings is 1. The highest BCUT2D eigenvalue weighted by atomic mass is 32.2. The first-order valence-corrected chi connectivity index (χ1v) is 9.74. The van der Waals surface area contributed by atoms with Gasteiger partial charge in [0, 0.05) is 12.7 Å². The van der Waals surface area contributed by atoms with Crippen LogP contribution >= 0.6 is 0 Å². The maximum Gasteiger partial charge on any atom is 0.243 e. The number of rotatable bonds is 5. The number of aryl methyl sites for hydroxylation is 1. The van der Waals surface area contributed by atoms with Gasteiger partial charge in [0.25, 0.3) is 0 Å². The van der Waals surface area contributed by atoms with Crippen molar-refractivity contribution in [2.24, 2.45) is 0 Å². The second-order valence-corrected chi connectivity index (χ2v) is 9.29. The molecule has 1 amide bonds. The van der Waals surface area contributed by atoms with Crippen LogP contribution in [0.2, 0.25) is 0 Å². The van der Waals surface area contributed by atoms with Crippen LogP contribution in [0.15, 0.2) is 47.4 Å². The Morgan fingerprint density at radius 3 is 2.27 bits per heavy atom. The third kappa shape index (κ3) is 4.89. The molecule has 0 spiro atoms. The largest absolute Gasteiger partial charge is 0.310 e. The number of aromatic nitrogens is 1. The van der Waals surface area contributed by atoms with Gasteiger partial charge in [-0.05, 0) is 42.2 Å². The third-order valence-corrected chi connectivity index (χ3v) is 5.77. The minimum Gasteiger partial charge on any atom is -0.310 e. The molecule has 0 aliphatic rings. The third-order valence-electron chi connectivity index (χ3n) is 3.95. The predicted octanol–water partition coefficient (Wildman–Crippen LogP) is 2.95. The van der Waals surface area contributed by atoms with Crippen molar-refractivity contribution in [3.05, 3.63) is 53.7 Å². The molecule has 0 radical (unpaired) electrons. The number of carbonyl (C=O) groups excluding carboxylic acids is 1. The van der Waals surface area contributed by atoms with Gasteiger partial charge in [0.1, 0.15) is 5.82 Å². The summed E-state index contributed by atoms with van der Waals surface area (Å²) >= 11 is 0. The zero-order valence-electron chi connectivity index (χ0n) is 15.8. The summed E-state index contributed by atoms with van der Waals surface area (Å²) in [6.45, 7) is 7.71. The number of sulfonamides is 1. The van der Waals surface area contributed by atoms with Crippen LogP contribution in [0.5, 0.6) is 0 Å². The Hall–Kier alpha value is -2.25. The molecule has 1 heterocycles. The summed E-state index contributed by atoms with van der Waals surface area (Å²) in [6.07, 6.45) is 0. The lowest BCUT2D eigenvalue weighted by Crippen LogP contribution is -2.35. The molecular weight excluding hydrogens is 350 g/mol. The van der Waals surface area contributed by atoms with E-state index in [2.05, 4.69) is 31.1 Å². The summed E-state index contributed by atoms with van der Waals surface area (Å²) < 4.78 is 26.4. The molecule has 0 aliphatic heterocycles. The average molecular weight is 375 g/mol. The molecule has 1 aromatic carbocycles. The number of likely N-dealkylation sites (N-methyl/N-ethyl adjacent to an activating group) is 1. The smallest absolute Gasteiger partial charge is 0.243 e. The predicted molar refractivity (Wildman–Crippen MR) is 103 cm³/mol. The van der Waals surface area contributed by atoms with Crippen LogP contribution in [-0.4, -0.2) is 37.2 Å². The van der Waals surface area contributed by atoms with Crippen molar-refractivity contribution in [1.82, 2.24) is 9.29 Å². The lowest BCUT2D eigenvalue weighted by Gasteiger charge is -2.20. The number of amides is 1. The van der Waals surface area contributed by atoms with Crippen LogP contribution in [-0.2, 0) is 20.2 Å². The van der Waals surface area contributed by atoms with E-state index >= 15 is 0 Å². The summed E-state index contributed by atoms with van der Waals surface area (Å²) in [5.74, 6) is -0.0455. The molecule has 140 valence electrons. The van der Waals surface area contributed by atoms with Crippen LogP contribution in [0.1, 0.15) is 32.0 Å². The van der Waals surface area contributed by atoms with Crippen molar-refractivity contribution in [3.63, 3.8) is 0 Å². The van der Waals surface area contributed by atoms with Gasteiger partial charge in [0.2, 0.25) is 15.9 Å². The van der Waals surface area contributed by atoms with Gasteiger partial charge in [-0.15, -0.1) is 0 Å². The molecule has 7 heteroatoms. The first-order chi connectivity index (χ1) is 12.0. The molecular formula is C19H25N3O3S. The quantitative estimate of drug-likeness (QED) is 0.871. The van der Waals surface area contributed by atoms with E-state index < -0.39 is 15.9 Å². The second kappa shape index (κ2) is 7.55. The van der Waals surface area contributed by atoms with Crippen molar-refractivity contribution in [1.29, 1.82) is 0 Å². The minimum atomic E-state index is -3.74. The van der Waals surface area contributed by atoms with E-state index in [1.54, 1.807) is 36.4 Å². The molecule has 0 fully saturated rings. The van der Waals surface area contributed by atoms with Gasteiger partial charge in [0.05, 0.1) is 11.4 Å². The highest BCUT2D eigenvalue weighted by Crippen LogP contribution is 2.24. The Bertz CT molecular complexity index is 885. The summed E-state index contributed by atoms with van der Waals surface area (Å²) in [5, 5.41) is 2.61. The van der Waals surface area contributed by atoms with E-state index in [9.17, 15) is 13.2 Å². The number of nitrogens with one attached hydrogen (secondary N) is 1. The van der Waals surface area contributed by atoms with E-state index in [0.717, 1.165) is 15.6 Å². The number of carbonyl (C=O) groups is 1. The maximum atomic E-state index is 12.7. The summed E-state index contributed by atoms with van der Waals surface area (Å²) in [7, 11) is -2.36. The Balaban J connectivity index is 2.09. The molecule has 0 aliphatic carbocycles. The van der Waals surface area contributed by atoms with Gasteiger partial charge in [0.15, 0.2) is 0 Å². The monoisotopic (exact) mass is 375 g/mol. The van der Waals surface area contributed by atoms with Gasteiger partial charge in [-0.3, -0.25) is 4.79 Å². The zero-order chi connectivity index (χ0) is 19.5. The van der Waals surface area contributed by atoms with Crippen molar-refractivity contribution >= 4 is 21.7 Å². The van der Waals surface area contributed by atoms with Crippen LogP contribution in [0.25, 0.3) is 0 Å². The van der Waals surface area contributed by atoms with Crippen molar-refractivity contribution in [2.45, 2.75) is 38.0 Å².